The number of hydrogen-bond donors (Lipinski definition) is 0. The van der Waals surface area contributed by atoms with Gasteiger partial charge in [0.25, 0.3) is 0 Å². The Labute approximate surface area is 113 Å². The first-order valence-electron chi connectivity index (χ1n) is 5.00. The predicted molar refractivity (Wildman–Crippen MR) is 54.2 cm³/mol. The molecule has 0 saturated heterocycles. The zero-order chi connectivity index (χ0) is 16.1. The summed E-state index contributed by atoms with van der Waals surface area (Å²) in [5, 5.41) is 0. The normalized spacial score (nSPS) is 13.4. The minimum absolute atomic E-state index is 0.0809. The molecule has 1 rings (SSSR count). The molecule has 0 saturated carbocycles. The van der Waals surface area contributed by atoms with Gasteiger partial charge in [-0.25, -0.2) is 0 Å². The lowest BCUT2D eigenvalue weighted by Gasteiger charge is -2.17. The molecule has 5 nitrogen and oxygen atoms in total. The fourth-order valence-corrected chi connectivity index (χ4v) is 2.25. The first kappa shape index (κ1) is 17.9. The molecule has 0 unspecified atom stereocenters. The fourth-order valence-electron chi connectivity index (χ4n) is 1.07. The first-order valence-corrected chi connectivity index (χ1v) is 6.73. The van der Waals surface area contributed by atoms with Crippen LogP contribution in [-0.4, -0.2) is 12.7 Å². The molecule has 21 heavy (non-hydrogen) atoms. The Morgan fingerprint density at radius 1 is 0.857 bits per heavy atom. The van der Waals surface area contributed by atoms with E-state index < -0.39 is 26.5 Å². The zero-order valence-electron chi connectivity index (χ0n) is 9.85. The molecule has 0 aromatic heterocycles. The van der Waals surface area contributed by atoms with Crippen molar-refractivity contribution >= 4 is 7.60 Å². The van der Waals surface area contributed by atoms with E-state index in [4.69, 9.17) is 0 Å². The summed E-state index contributed by atoms with van der Waals surface area (Å²) < 4.78 is 89.6. The van der Waals surface area contributed by atoms with Gasteiger partial charge in [0.05, 0.1) is 6.16 Å². The quantitative estimate of drug-likeness (QED) is 0.334. The van der Waals surface area contributed by atoms with Gasteiger partial charge in [-0.15, -0.1) is 45.5 Å². The molecule has 0 fully saturated rings. The second-order valence-electron chi connectivity index (χ2n) is 3.46. The van der Waals surface area contributed by atoms with Crippen molar-refractivity contribution in [3.8, 4) is 0 Å². The van der Waals surface area contributed by atoms with Gasteiger partial charge in [-0.2, -0.15) is 0 Å². The smallest absolute Gasteiger partial charge is 0.255 e. The van der Waals surface area contributed by atoms with Crippen LogP contribution in [0.4, 0.5) is 26.3 Å². The Balaban J connectivity index is 2.80. The van der Waals surface area contributed by atoms with Crippen molar-refractivity contribution in [2.45, 2.75) is 18.9 Å². The Morgan fingerprint density at radius 2 is 1.29 bits per heavy atom. The molecular formula is C9H7F6O5P. The molecule has 0 atom stereocenters. The molecule has 0 spiro atoms. The van der Waals surface area contributed by atoms with Gasteiger partial charge in [0.15, 0.2) is 0 Å². The van der Waals surface area contributed by atoms with Gasteiger partial charge in [-0.05, 0) is 5.56 Å². The van der Waals surface area contributed by atoms with Gasteiger partial charge in [0, 0.05) is 0 Å². The zero-order valence-corrected chi connectivity index (χ0v) is 10.7. The third-order valence-corrected chi connectivity index (χ3v) is 3.07. The van der Waals surface area contributed by atoms with Crippen LogP contribution >= 0.6 is 7.60 Å². The van der Waals surface area contributed by atoms with Crippen molar-refractivity contribution in [3.05, 3.63) is 35.9 Å². The lowest BCUT2D eigenvalue weighted by Crippen LogP contribution is -2.17. The summed E-state index contributed by atoms with van der Waals surface area (Å²) in [6.45, 7) is 0. The van der Waals surface area contributed by atoms with Crippen molar-refractivity contribution < 1.29 is 50.0 Å². The van der Waals surface area contributed by atoms with Crippen LogP contribution in [-0.2, 0) is 29.9 Å². The third kappa shape index (κ3) is 8.02. The Kier molecular flexibility index (Phi) is 5.76. The van der Waals surface area contributed by atoms with Crippen LogP contribution in [0.3, 0.4) is 0 Å². The molecule has 0 radical (unpaired) electrons. The van der Waals surface area contributed by atoms with Crippen molar-refractivity contribution in [1.29, 1.82) is 0 Å². The maximum absolute atomic E-state index is 11.8. The highest BCUT2D eigenvalue weighted by Crippen LogP contribution is 2.53. The van der Waals surface area contributed by atoms with Crippen LogP contribution in [0.15, 0.2) is 30.3 Å². The van der Waals surface area contributed by atoms with E-state index in [2.05, 4.69) is 19.1 Å². The maximum Gasteiger partial charge on any atom is 0.549 e. The third-order valence-electron chi connectivity index (χ3n) is 1.71. The van der Waals surface area contributed by atoms with Crippen LogP contribution < -0.4 is 0 Å². The van der Waals surface area contributed by atoms with Gasteiger partial charge in [0.1, 0.15) is 0 Å². The summed E-state index contributed by atoms with van der Waals surface area (Å²) in [5.41, 5.74) is 0.0809. The molecule has 0 amide bonds. The molecule has 0 aliphatic rings. The molecule has 1 aromatic carbocycles. The van der Waals surface area contributed by atoms with Gasteiger partial charge in [0.2, 0.25) is 0 Å². The van der Waals surface area contributed by atoms with Gasteiger partial charge >= 0.3 is 20.3 Å². The van der Waals surface area contributed by atoms with Crippen LogP contribution in [0.5, 0.6) is 0 Å². The highest BCUT2D eigenvalue weighted by molar-refractivity contribution is 7.52. The predicted octanol–water partition coefficient (Wildman–Crippen LogP) is 4.32. The van der Waals surface area contributed by atoms with Crippen LogP contribution in [0.2, 0.25) is 0 Å². The molecular weight excluding hydrogens is 333 g/mol. The number of alkyl halides is 6. The largest absolute Gasteiger partial charge is 0.549 e. The van der Waals surface area contributed by atoms with Crippen LogP contribution in [0.25, 0.3) is 0 Å². The standard InChI is InChI=1S/C9H7F6O5P/c10-8(11,12)17-19-21(16,20-18-9(13,14)15)6-7-4-2-1-3-5-7/h1-5H,6H2. The summed E-state index contributed by atoms with van der Waals surface area (Å²) in [6, 6.07) is 6.90. The second-order valence-corrected chi connectivity index (χ2v) is 5.30. The highest BCUT2D eigenvalue weighted by Gasteiger charge is 2.41. The van der Waals surface area contributed by atoms with Crippen molar-refractivity contribution in [1.82, 2.24) is 0 Å². The van der Waals surface area contributed by atoms with E-state index in [9.17, 15) is 30.9 Å². The molecule has 12 heteroatoms. The molecule has 0 heterocycles. The van der Waals surface area contributed by atoms with Gasteiger partial charge in [-0.3, -0.25) is 4.57 Å². The molecule has 0 aliphatic heterocycles. The monoisotopic (exact) mass is 340 g/mol. The lowest BCUT2D eigenvalue weighted by atomic mass is 10.2. The van der Waals surface area contributed by atoms with E-state index in [1.165, 1.54) is 30.3 Å². The SMILES string of the molecule is O=P(Cc1ccccc1)(OOC(F)(F)F)OOC(F)(F)F. The van der Waals surface area contributed by atoms with E-state index in [0.29, 0.717) is 0 Å². The number of benzene rings is 1. The summed E-state index contributed by atoms with van der Waals surface area (Å²) in [5.74, 6) is 0. The van der Waals surface area contributed by atoms with Crippen LogP contribution in [0.1, 0.15) is 5.56 Å². The van der Waals surface area contributed by atoms with E-state index in [1.54, 1.807) is 0 Å². The number of rotatable bonds is 6. The van der Waals surface area contributed by atoms with Crippen molar-refractivity contribution in [2.75, 3.05) is 0 Å². The minimum atomic E-state index is -5.38. The van der Waals surface area contributed by atoms with Gasteiger partial charge < -0.3 is 0 Å². The Morgan fingerprint density at radius 3 is 1.67 bits per heavy atom. The van der Waals surface area contributed by atoms with Gasteiger partial charge in [-0.1, -0.05) is 30.3 Å². The van der Waals surface area contributed by atoms with Crippen LogP contribution in [0, 0.1) is 0 Å². The first-order chi connectivity index (χ1) is 9.49. The lowest BCUT2D eigenvalue weighted by molar-refractivity contribution is -0.473. The maximum atomic E-state index is 11.8. The summed E-state index contributed by atoms with van der Waals surface area (Å²) in [4.78, 5) is 5.59. The second kappa shape index (κ2) is 6.75. The van der Waals surface area contributed by atoms with E-state index >= 15 is 0 Å². The fraction of sp³-hybridized carbons (Fsp3) is 0.333. The number of halogens is 6. The topological polar surface area (TPSA) is 54.0 Å². The molecule has 120 valence electrons. The Bertz CT molecular complexity index is 466. The highest BCUT2D eigenvalue weighted by atomic mass is 31.2. The number of hydrogen-bond acceptors (Lipinski definition) is 5. The summed E-state index contributed by atoms with van der Waals surface area (Å²) in [7, 11) is -5.02. The molecule has 0 N–H and O–H groups in total. The van der Waals surface area contributed by atoms with Crippen molar-refractivity contribution in [2.24, 2.45) is 0 Å². The average Bonchev–Trinajstić information content (AvgIpc) is 2.34. The molecule has 0 bridgehead atoms. The minimum Gasteiger partial charge on any atom is -0.255 e. The molecule has 1 aromatic rings. The summed E-state index contributed by atoms with van der Waals surface area (Å²) in [6.07, 6.45) is -11.7. The summed E-state index contributed by atoms with van der Waals surface area (Å²) >= 11 is 0. The van der Waals surface area contributed by atoms with E-state index in [1.807, 2.05) is 0 Å². The van der Waals surface area contributed by atoms with E-state index in [-0.39, 0.29) is 5.56 Å². The molecule has 0 aliphatic carbocycles. The van der Waals surface area contributed by atoms with Crippen molar-refractivity contribution in [3.63, 3.8) is 0 Å². The Hall–Kier alpha value is -1.13. The average molecular weight is 340 g/mol. The van der Waals surface area contributed by atoms with E-state index in [0.717, 1.165) is 0 Å².